The maximum Gasteiger partial charge on any atom is 0.241 e. The van der Waals surface area contributed by atoms with Crippen LogP contribution in [-0.4, -0.2) is 52.5 Å². The Hall–Kier alpha value is -5.15. The van der Waals surface area contributed by atoms with Crippen LogP contribution in [0.2, 0.25) is 0 Å². The van der Waals surface area contributed by atoms with Gasteiger partial charge in [-0.15, -0.1) is 0 Å². The largest absolute Gasteiger partial charge is 0.392 e. The lowest BCUT2D eigenvalue weighted by Gasteiger charge is -2.41. The van der Waals surface area contributed by atoms with Crippen LogP contribution < -0.4 is 10.0 Å². The minimum atomic E-state index is -3.96. The van der Waals surface area contributed by atoms with Crippen molar-refractivity contribution >= 4 is 27.7 Å². The Kier molecular flexibility index (Phi) is 12.9. The van der Waals surface area contributed by atoms with Crippen molar-refractivity contribution in [1.82, 2.24) is 25.2 Å². The molecule has 7 rings (SSSR count). The average Bonchev–Trinajstić information content (AvgIpc) is 3.77. The maximum absolute atomic E-state index is 13.6. The van der Waals surface area contributed by atoms with Gasteiger partial charge in [-0.25, -0.2) is 13.4 Å². The van der Waals surface area contributed by atoms with E-state index in [4.69, 9.17) is 9.47 Å². The quantitative estimate of drug-likeness (QED) is 0.0799. The fraction of sp³-hybridized carbons (Fsp3) is 0.250. The van der Waals surface area contributed by atoms with Crippen LogP contribution >= 0.6 is 11.8 Å². The number of sulfonamides is 1. The molecule has 0 saturated carbocycles. The summed E-state index contributed by atoms with van der Waals surface area (Å²) >= 11 is 1.55. The molecule has 5 atom stereocenters. The number of aromatic amines is 1. The highest BCUT2D eigenvalue weighted by Gasteiger charge is 2.38. The van der Waals surface area contributed by atoms with Gasteiger partial charge in [0.2, 0.25) is 15.9 Å². The molecule has 0 aliphatic carbocycles. The van der Waals surface area contributed by atoms with E-state index in [9.17, 15) is 18.3 Å². The molecule has 2 heterocycles. The Morgan fingerprint density at radius 2 is 1.56 bits per heavy atom. The van der Waals surface area contributed by atoms with E-state index in [0.29, 0.717) is 5.75 Å². The van der Waals surface area contributed by atoms with Crippen LogP contribution in [0.1, 0.15) is 52.7 Å². The van der Waals surface area contributed by atoms with E-state index in [1.165, 1.54) is 18.5 Å². The number of carbonyl (C=O) groups excluding carboxylic acids is 1. The predicted molar refractivity (Wildman–Crippen MR) is 219 cm³/mol. The van der Waals surface area contributed by atoms with Crippen LogP contribution in [0, 0.1) is 12.8 Å². The molecule has 5 aromatic carbocycles. The molecule has 13 heteroatoms. The summed E-state index contributed by atoms with van der Waals surface area (Å²) in [5.74, 6) is 0.251. The molecule has 0 spiro atoms. The fourth-order valence-corrected chi connectivity index (χ4v) is 8.89. The lowest BCUT2D eigenvalue weighted by molar-refractivity contribution is -0.268. The SMILES string of the molecule is Cc1ccc(S(=O)(=O)NC(Cc2ccccc2)C(=O)NCc2cccc(-c3ccc(C4OC(CSc5ncn[nH]5)C(C)C(c5ccc(CO)cc5)O4)cc3)c2)cc1. The maximum atomic E-state index is 13.6. The summed E-state index contributed by atoms with van der Waals surface area (Å²) in [6, 6.07) is 38.6. The monoisotopic (exact) mass is 803 g/mol. The van der Waals surface area contributed by atoms with Gasteiger partial charge in [0, 0.05) is 23.8 Å². The predicted octanol–water partition coefficient (Wildman–Crippen LogP) is 7.06. The number of H-pyrrole nitrogens is 1. The number of nitrogens with zero attached hydrogens (tertiary/aromatic N) is 2. The number of benzene rings is 5. The summed E-state index contributed by atoms with van der Waals surface area (Å²) in [6.45, 7) is 4.19. The van der Waals surface area contributed by atoms with Crippen molar-refractivity contribution in [3.63, 3.8) is 0 Å². The number of aromatic nitrogens is 3. The van der Waals surface area contributed by atoms with Crippen LogP contribution in [0.15, 0.2) is 144 Å². The summed E-state index contributed by atoms with van der Waals surface area (Å²) in [5, 5.41) is 20.1. The number of nitrogens with one attached hydrogen (secondary N) is 3. The molecule has 294 valence electrons. The molecule has 4 N–H and O–H groups in total. The van der Waals surface area contributed by atoms with Gasteiger partial charge in [-0.2, -0.15) is 9.82 Å². The number of aryl methyl sites for hydroxylation is 1. The van der Waals surface area contributed by atoms with E-state index in [1.54, 1.807) is 23.9 Å². The van der Waals surface area contributed by atoms with Crippen molar-refractivity contribution in [2.75, 3.05) is 5.75 Å². The Morgan fingerprint density at radius 1 is 0.842 bits per heavy atom. The van der Waals surface area contributed by atoms with Crippen molar-refractivity contribution in [3.05, 3.63) is 167 Å². The van der Waals surface area contributed by atoms with Gasteiger partial charge in [0.1, 0.15) is 12.4 Å². The third kappa shape index (κ3) is 10.2. The highest BCUT2D eigenvalue weighted by atomic mass is 32.2. The molecule has 1 saturated heterocycles. The van der Waals surface area contributed by atoms with Gasteiger partial charge in [0.05, 0.1) is 23.7 Å². The Morgan fingerprint density at radius 3 is 2.26 bits per heavy atom. The van der Waals surface area contributed by atoms with Gasteiger partial charge < -0.3 is 19.9 Å². The number of hydrogen-bond donors (Lipinski definition) is 4. The summed E-state index contributed by atoms with van der Waals surface area (Å²) in [5.41, 5.74) is 7.28. The molecule has 57 heavy (non-hydrogen) atoms. The molecule has 5 unspecified atom stereocenters. The summed E-state index contributed by atoms with van der Waals surface area (Å²) in [4.78, 5) is 18.0. The lowest BCUT2D eigenvalue weighted by Crippen LogP contribution is -2.47. The topological polar surface area (TPSA) is 156 Å². The Bertz CT molecular complexity index is 2330. The molecule has 6 aromatic rings. The number of ether oxygens (including phenoxy) is 2. The molecule has 1 amide bonds. The molecule has 0 radical (unpaired) electrons. The van der Waals surface area contributed by atoms with Gasteiger partial charge in [0.15, 0.2) is 11.4 Å². The number of aliphatic hydroxyl groups excluding tert-OH is 1. The number of carbonyl (C=O) groups is 1. The average molecular weight is 804 g/mol. The van der Waals surface area contributed by atoms with E-state index in [2.05, 4.69) is 32.1 Å². The highest BCUT2D eigenvalue weighted by Crippen LogP contribution is 2.43. The van der Waals surface area contributed by atoms with Crippen LogP contribution in [0.5, 0.6) is 0 Å². The lowest BCUT2D eigenvalue weighted by atomic mass is 9.91. The van der Waals surface area contributed by atoms with Gasteiger partial charge in [-0.1, -0.05) is 133 Å². The molecule has 1 aliphatic rings. The molecule has 1 aromatic heterocycles. The number of rotatable bonds is 15. The first kappa shape index (κ1) is 40.1. The fourth-order valence-electron chi connectivity index (χ4n) is 6.75. The van der Waals surface area contributed by atoms with E-state index < -0.39 is 28.3 Å². The Labute approximate surface area is 337 Å². The number of thioether (sulfide) groups is 1. The molecule has 1 fully saturated rings. The Balaban J connectivity index is 1.04. The van der Waals surface area contributed by atoms with Crippen molar-refractivity contribution in [1.29, 1.82) is 0 Å². The summed E-state index contributed by atoms with van der Waals surface area (Å²) in [7, 11) is -3.96. The molecular formula is C44H45N5O6S2. The third-order valence-electron chi connectivity index (χ3n) is 10.0. The van der Waals surface area contributed by atoms with Crippen molar-refractivity contribution in [3.8, 4) is 11.1 Å². The first-order valence-electron chi connectivity index (χ1n) is 18.7. The third-order valence-corrected chi connectivity index (χ3v) is 12.5. The first-order valence-corrected chi connectivity index (χ1v) is 21.2. The van der Waals surface area contributed by atoms with Gasteiger partial charge in [-0.3, -0.25) is 9.89 Å². The van der Waals surface area contributed by atoms with E-state index in [1.807, 2.05) is 110 Å². The van der Waals surface area contributed by atoms with Crippen molar-refractivity contribution in [2.24, 2.45) is 5.92 Å². The van der Waals surface area contributed by atoms with E-state index >= 15 is 0 Å². The highest BCUT2D eigenvalue weighted by molar-refractivity contribution is 7.99. The zero-order valence-corrected chi connectivity index (χ0v) is 33.2. The molecule has 1 aliphatic heterocycles. The molecule has 11 nitrogen and oxygen atoms in total. The zero-order chi connectivity index (χ0) is 39.8. The standard InChI is InChI=1S/C44H45N5O6S2/c1-29-11-21-38(22-12-29)57(52,53)49-39(24-31-7-4-3-5-8-31)42(51)45-25-33-9-6-10-37(23-33)34-17-19-36(20-18-34)43-54-40(27-56-44-46-28-47-48-44)30(2)41(55-43)35-15-13-32(26-50)14-16-35/h3-23,28,30,39-41,43,49-50H,24-27H2,1-2H3,(H,45,51)(H,46,47,48). The molecule has 0 bridgehead atoms. The van der Waals surface area contributed by atoms with Gasteiger partial charge >= 0.3 is 0 Å². The second-order valence-corrected chi connectivity index (χ2v) is 16.9. The first-order chi connectivity index (χ1) is 27.6. The van der Waals surface area contributed by atoms with Crippen LogP contribution in [-0.2, 0) is 43.9 Å². The number of amides is 1. The summed E-state index contributed by atoms with van der Waals surface area (Å²) < 4.78 is 42.5. The number of hydrogen-bond acceptors (Lipinski definition) is 9. The molecular weight excluding hydrogens is 759 g/mol. The van der Waals surface area contributed by atoms with Crippen molar-refractivity contribution in [2.45, 2.75) is 68.0 Å². The smallest absolute Gasteiger partial charge is 0.241 e. The van der Waals surface area contributed by atoms with Crippen LogP contribution in [0.3, 0.4) is 0 Å². The minimum absolute atomic E-state index is 0.0262. The second kappa shape index (κ2) is 18.4. The zero-order valence-electron chi connectivity index (χ0n) is 31.6. The van der Waals surface area contributed by atoms with Crippen molar-refractivity contribution < 1.29 is 27.8 Å². The number of aliphatic hydroxyl groups is 1. The van der Waals surface area contributed by atoms with E-state index in [0.717, 1.165) is 49.7 Å². The minimum Gasteiger partial charge on any atom is -0.392 e. The van der Waals surface area contributed by atoms with Gasteiger partial charge in [0.25, 0.3) is 0 Å². The van der Waals surface area contributed by atoms with Crippen LogP contribution in [0.4, 0.5) is 0 Å². The normalized spacial score (nSPS) is 18.9. The van der Waals surface area contributed by atoms with Gasteiger partial charge in [-0.05, 0) is 64.9 Å². The van der Waals surface area contributed by atoms with Crippen LogP contribution in [0.25, 0.3) is 11.1 Å². The van der Waals surface area contributed by atoms with E-state index in [-0.39, 0.29) is 42.6 Å². The summed E-state index contributed by atoms with van der Waals surface area (Å²) in [6.07, 6.45) is 0.662. The second-order valence-electron chi connectivity index (χ2n) is 14.1.